The maximum Gasteiger partial charge on any atom is 0.376 e. The molecule has 3 atom stereocenters. The Bertz CT molecular complexity index is 789. The Morgan fingerprint density at radius 1 is 1.42 bits per heavy atom. The molecule has 0 saturated heterocycles. The van der Waals surface area contributed by atoms with Gasteiger partial charge < -0.3 is 21.8 Å². The molecule has 0 radical (unpaired) electrons. The molecular weight excluding hydrogens is 412 g/mol. The predicted octanol–water partition coefficient (Wildman–Crippen LogP) is -3.57. The van der Waals surface area contributed by atoms with Crippen LogP contribution in [0.5, 0.6) is 0 Å². The Hall–Kier alpha value is -2.43. The van der Waals surface area contributed by atoms with Gasteiger partial charge in [0, 0.05) is 17.3 Å². The highest BCUT2D eigenvalue weighted by molar-refractivity contribution is 6.70. The van der Waals surface area contributed by atoms with Crippen LogP contribution in [0, 0.1) is 22.0 Å². The molecule has 2 fully saturated rings. The minimum atomic E-state index is -1.08. The number of hydrogen-bond donors (Lipinski definition) is 0. The largest absolute Gasteiger partial charge is 1.00 e. The molecule has 0 amide bonds. The fraction of sp³-hybridized carbons (Fsp3) is 0.533. The Kier molecular flexibility index (Phi) is 6.01. The van der Waals surface area contributed by atoms with Crippen LogP contribution in [0.3, 0.4) is 0 Å². The number of carbonyl (C=O) groups excluding carboxylic acids is 3. The van der Waals surface area contributed by atoms with Gasteiger partial charge in [-0.15, -0.1) is 0 Å². The highest BCUT2D eigenvalue weighted by Crippen LogP contribution is 2.38. The third kappa shape index (κ3) is 3.71. The van der Waals surface area contributed by atoms with Crippen molar-refractivity contribution in [3.8, 4) is 0 Å². The lowest BCUT2D eigenvalue weighted by Crippen LogP contribution is -3.00. The van der Waals surface area contributed by atoms with Gasteiger partial charge in [-0.1, -0.05) is 5.16 Å². The zero-order chi connectivity index (χ0) is 18.1. The number of carbonyl (C=O) groups is 3. The number of aromatic nitrogens is 2. The summed E-state index contributed by atoms with van der Waals surface area (Å²) >= 11 is 0. The first-order valence-corrected chi connectivity index (χ1v) is 7.89. The number of Topliss-reactive ketones (excluding diaryl/α,β-unsaturated/α-hetero) is 2. The van der Waals surface area contributed by atoms with Gasteiger partial charge in [-0.3, -0.25) is 19.7 Å². The van der Waals surface area contributed by atoms with Crippen molar-refractivity contribution in [1.82, 2.24) is 4.57 Å². The average Bonchev–Trinajstić information content (AvgIpc) is 3.08. The van der Waals surface area contributed by atoms with Gasteiger partial charge in [0.05, 0.1) is 7.05 Å². The van der Waals surface area contributed by atoms with E-state index < -0.39 is 46.0 Å². The maximum atomic E-state index is 12.4. The molecule has 1 aromatic rings. The standard InChI is InChI=1S/C15H17N4O6.BrH/c1-17-5-6-18(8-17)7-11(20)25-16-13-14(21)9-3-2-4-10(19(23)24)12(9)15(13)22;/h5-6,8-10,12H,2-4,7H2,1H3;1H/q+1;/p-1. The molecule has 140 valence electrons. The summed E-state index contributed by atoms with van der Waals surface area (Å²) in [5.41, 5.74) is -0.491. The summed E-state index contributed by atoms with van der Waals surface area (Å²) in [6.45, 7) is -0.135. The van der Waals surface area contributed by atoms with Crippen molar-refractivity contribution in [3.05, 3.63) is 28.8 Å². The first-order chi connectivity index (χ1) is 11.9. The lowest BCUT2D eigenvalue weighted by molar-refractivity contribution is -0.671. The summed E-state index contributed by atoms with van der Waals surface area (Å²) in [4.78, 5) is 51.8. The van der Waals surface area contributed by atoms with E-state index in [4.69, 9.17) is 0 Å². The maximum absolute atomic E-state index is 12.4. The second kappa shape index (κ2) is 7.85. The highest BCUT2D eigenvalue weighted by atomic mass is 79.9. The van der Waals surface area contributed by atoms with E-state index in [1.807, 2.05) is 0 Å². The third-order valence-electron chi connectivity index (χ3n) is 4.61. The molecule has 2 aliphatic rings. The summed E-state index contributed by atoms with van der Waals surface area (Å²) in [5, 5.41) is 14.6. The lowest BCUT2D eigenvalue weighted by Gasteiger charge is -2.24. The van der Waals surface area contributed by atoms with E-state index in [9.17, 15) is 24.5 Å². The number of fused-ring (bicyclic) bond motifs is 1. The Labute approximate surface area is 158 Å². The van der Waals surface area contributed by atoms with Crippen molar-refractivity contribution in [2.45, 2.75) is 31.8 Å². The number of rotatable bonds is 4. The van der Waals surface area contributed by atoms with Gasteiger partial charge in [0.2, 0.25) is 12.4 Å². The minimum absolute atomic E-state index is 0. The molecule has 0 spiro atoms. The molecule has 1 heterocycles. The second-order valence-corrected chi connectivity index (χ2v) is 6.30. The van der Waals surface area contributed by atoms with Gasteiger partial charge in [0.1, 0.15) is 18.3 Å². The summed E-state index contributed by atoms with van der Waals surface area (Å²) in [6, 6.07) is -1.08. The number of nitro groups is 1. The number of oxime groups is 1. The molecule has 1 aromatic heterocycles. The highest BCUT2D eigenvalue weighted by Gasteiger charge is 2.56. The Morgan fingerprint density at radius 2 is 2.15 bits per heavy atom. The first kappa shape index (κ1) is 19.9. The number of aryl methyl sites for hydroxylation is 1. The van der Waals surface area contributed by atoms with Crippen molar-refractivity contribution in [2.75, 3.05) is 0 Å². The molecular formula is C15H17BrN4O6. The second-order valence-electron chi connectivity index (χ2n) is 6.30. The molecule has 11 heteroatoms. The van der Waals surface area contributed by atoms with E-state index in [0.717, 1.165) is 0 Å². The van der Waals surface area contributed by atoms with Crippen molar-refractivity contribution in [3.63, 3.8) is 0 Å². The molecule has 2 saturated carbocycles. The molecule has 0 N–H and O–H groups in total. The number of nitrogens with zero attached hydrogens (tertiary/aromatic N) is 4. The van der Waals surface area contributed by atoms with E-state index in [-0.39, 0.29) is 29.9 Å². The number of halogens is 1. The molecule has 3 unspecified atom stereocenters. The zero-order valence-corrected chi connectivity index (χ0v) is 15.5. The average molecular weight is 429 g/mol. The quantitative estimate of drug-likeness (QED) is 0.211. The molecule has 26 heavy (non-hydrogen) atoms. The van der Waals surface area contributed by atoms with E-state index in [0.29, 0.717) is 12.8 Å². The van der Waals surface area contributed by atoms with Crippen LogP contribution in [0.1, 0.15) is 19.3 Å². The summed E-state index contributed by atoms with van der Waals surface area (Å²) in [6.07, 6.45) is 6.19. The Morgan fingerprint density at radius 3 is 2.77 bits per heavy atom. The molecule has 2 aliphatic carbocycles. The molecule has 0 bridgehead atoms. The van der Waals surface area contributed by atoms with Crippen molar-refractivity contribution in [2.24, 2.45) is 24.0 Å². The molecule has 10 nitrogen and oxygen atoms in total. The zero-order valence-electron chi connectivity index (χ0n) is 13.9. The summed E-state index contributed by atoms with van der Waals surface area (Å²) in [5.74, 6) is -3.75. The van der Waals surface area contributed by atoms with Gasteiger partial charge in [-0.25, -0.2) is 13.9 Å². The van der Waals surface area contributed by atoms with E-state index in [2.05, 4.69) is 9.99 Å². The van der Waals surface area contributed by atoms with Crippen LogP contribution in [0.15, 0.2) is 23.9 Å². The van der Waals surface area contributed by atoms with Gasteiger partial charge in [0.25, 0.3) is 0 Å². The van der Waals surface area contributed by atoms with E-state index >= 15 is 0 Å². The van der Waals surface area contributed by atoms with Crippen LogP contribution in [0.2, 0.25) is 0 Å². The fourth-order valence-corrected chi connectivity index (χ4v) is 3.48. The van der Waals surface area contributed by atoms with Gasteiger partial charge in [0.15, 0.2) is 23.8 Å². The monoisotopic (exact) mass is 428 g/mol. The van der Waals surface area contributed by atoms with Crippen molar-refractivity contribution >= 4 is 23.2 Å². The Balaban J connectivity index is 0.00000243. The molecule has 0 aromatic carbocycles. The first-order valence-electron chi connectivity index (χ1n) is 7.89. The topological polar surface area (TPSA) is 125 Å². The van der Waals surface area contributed by atoms with Crippen LogP contribution in [-0.4, -0.2) is 38.8 Å². The summed E-state index contributed by atoms with van der Waals surface area (Å²) in [7, 11) is 1.78. The number of ketones is 2. The van der Waals surface area contributed by atoms with Crippen molar-refractivity contribution < 1.29 is 45.7 Å². The predicted molar refractivity (Wildman–Crippen MR) is 80.8 cm³/mol. The molecule has 3 rings (SSSR count). The summed E-state index contributed by atoms with van der Waals surface area (Å²) < 4.78 is 3.27. The SMILES string of the molecule is C[n+]1ccn(CC(=O)ON=C2C(=O)C3CCCC([N+](=O)[O-])C3C2=O)c1.[Br-]. The van der Waals surface area contributed by atoms with Crippen molar-refractivity contribution in [1.29, 1.82) is 0 Å². The fourth-order valence-electron chi connectivity index (χ4n) is 3.48. The van der Waals surface area contributed by atoms with Gasteiger partial charge in [-0.05, 0) is 12.8 Å². The van der Waals surface area contributed by atoms with Crippen LogP contribution in [0.25, 0.3) is 0 Å². The van der Waals surface area contributed by atoms with E-state index in [1.165, 1.54) is 0 Å². The normalized spacial score (nSPS) is 26.3. The van der Waals surface area contributed by atoms with Gasteiger partial charge in [-0.2, -0.15) is 0 Å². The molecule has 0 aliphatic heterocycles. The van der Waals surface area contributed by atoms with Gasteiger partial charge >= 0.3 is 5.97 Å². The smallest absolute Gasteiger partial charge is 0.376 e. The van der Waals surface area contributed by atoms with Crippen LogP contribution in [-0.2, 0) is 32.8 Å². The van der Waals surface area contributed by atoms with Crippen LogP contribution < -0.4 is 21.5 Å². The van der Waals surface area contributed by atoms with Crippen LogP contribution >= 0.6 is 0 Å². The van der Waals surface area contributed by atoms with E-state index in [1.54, 1.807) is 34.9 Å². The lowest BCUT2D eigenvalue weighted by atomic mass is 9.77. The number of imidazole rings is 1. The number of hydrogen-bond acceptors (Lipinski definition) is 7. The third-order valence-corrected chi connectivity index (χ3v) is 4.61. The minimum Gasteiger partial charge on any atom is -1.00 e. The van der Waals surface area contributed by atoms with Crippen LogP contribution in [0.4, 0.5) is 0 Å².